The summed E-state index contributed by atoms with van der Waals surface area (Å²) in [5.74, 6) is 1.32. The van der Waals surface area contributed by atoms with Crippen LogP contribution in [-0.4, -0.2) is 40.1 Å². The van der Waals surface area contributed by atoms with Gasteiger partial charge in [-0.05, 0) is 50.8 Å². The van der Waals surface area contributed by atoms with Crippen LogP contribution in [0.15, 0.2) is 18.5 Å². The van der Waals surface area contributed by atoms with E-state index >= 15 is 0 Å². The third-order valence-electron chi connectivity index (χ3n) is 4.40. The number of piperidine rings is 1. The molecule has 0 aromatic carbocycles. The summed E-state index contributed by atoms with van der Waals surface area (Å²) in [5.41, 5.74) is 0. The van der Waals surface area contributed by atoms with Crippen molar-refractivity contribution in [3.8, 4) is 0 Å². The van der Waals surface area contributed by atoms with E-state index < -0.39 is 0 Å². The molecule has 1 aromatic rings. The number of nitrogens with zero attached hydrogens (tertiary/aromatic N) is 3. The van der Waals surface area contributed by atoms with Crippen LogP contribution < -0.4 is 0 Å². The number of carbonyl (C=O) groups is 1. The van der Waals surface area contributed by atoms with Gasteiger partial charge in [-0.1, -0.05) is 13.8 Å². The van der Waals surface area contributed by atoms with E-state index in [0.29, 0.717) is 5.78 Å². The first-order valence-electron chi connectivity index (χ1n) is 8.37. The van der Waals surface area contributed by atoms with Crippen LogP contribution in [0.4, 0.5) is 0 Å². The number of Topliss-reactive ketones (excluding diaryl/α,β-unsaturated/α-hetero) is 1. The smallest absolute Gasteiger partial charge is 0.135 e. The van der Waals surface area contributed by atoms with Gasteiger partial charge in [0.1, 0.15) is 5.78 Å². The fraction of sp³-hybridized carbons (Fsp3) is 0.765. The van der Waals surface area contributed by atoms with Crippen LogP contribution >= 0.6 is 0 Å². The topological polar surface area (TPSA) is 38.1 Å². The largest absolute Gasteiger partial charge is 0.303 e. The minimum absolute atomic E-state index is 0.193. The standard InChI is InChI=1S/C17H29N3O/c1-15(2)17(21)8-3-4-10-19-11-5-7-16(13-19)14-20-12-6-9-18-20/h6,9,12,15-16H,3-5,7-8,10-11,13-14H2,1-2H3/t16-/m0/s1. The summed E-state index contributed by atoms with van der Waals surface area (Å²) in [6.45, 7) is 8.56. The molecule has 0 unspecified atom stereocenters. The normalized spacial score (nSPS) is 20.0. The highest BCUT2D eigenvalue weighted by Crippen LogP contribution is 2.18. The van der Waals surface area contributed by atoms with Crippen molar-refractivity contribution in [2.24, 2.45) is 11.8 Å². The maximum Gasteiger partial charge on any atom is 0.135 e. The first-order chi connectivity index (χ1) is 10.1. The zero-order chi connectivity index (χ0) is 15.1. The van der Waals surface area contributed by atoms with E-state index in [2.05, 4.69) is 20.9 Å². The Balaban J connectivity index is 1.63. The highest BCUT2D eigenvalue weighted by atomic mass is 16.1. The van der Waals surface area contributed by atoms with Crippen molar-refractivity contribution >= 4 is 5.78 Å². The van der Waals surface area contributed by atoms with Crippen LogP contribution in [0.5, 0.6) is 0 Å². The van der Waals surface area contributed by atoms with Crippen molar-refractivity contribution in [2.75, 3.05) is 19.6 Å². The maximum absolute atomic E-state index is 11.6. The van der Waals surface area contributed by atoms with Crippen LogP contribution in [0.25, 0.3) is 0 Å². The summed E-state index contributed by atoms with van der Waals surface area (Å²) < 4.78 is 2.05. The second kappa shape index (κ2) is 8.32. The number of ketones is 1. The van der Waals surface area contributed by atoms with E-state index in [0.717, 1.165) is 38.3 Å². The van der Waals surface area contributed by atoms with Gasteiger partial charge in [-0.2, -0.15) is 5.10 Å². The van der Waals surface area contributed by atoms with Crippen LogP contribution in [0.1, 0.15) is 46.0 Å². The molecule has 1 fully saturated rings. The molecule has 21 heavy (non-hydrogen) atoms. The highest BCUT2D eigenvalue weighted by molar-refractivity contribution is 5.80. The molecule has 0 bridgehead atoms. The van der Waals surface area contributed by atoms with Gasteiger partial charge in [-0.15, -0.1) is 0 Å². The Morgan fingerprint density at radius 3 is 2.95 bits per heavy atom. The molecule has 0 radical (unpaired) electrons. The first-order valence-corrected chi connectivity index (χ1v) is 8.37. The Morgan fingerprint density at radius 1 is 1.38 bits per heavy atom. The molecule has 2 rings (SSSR count). The molecule has 0 N–H and O–H groups in total. The molecule has 1 aliphatic heterocycles. The third-order valence-corrected chi connectivity index (χ3v) is 4.40. The van der Waals surface area contributed by atoms with E-state index in [1.807, 2.05) is 26.1 Å². The predicted octanol–water partition coefficient (Wildman–Crippen LogP) is 2.99. The minimum atomic E-state index is 0.193. The SMILES string of the molecule is CC(C)C(=O)CCCCN1CCC[C@H](Cn2cccn2)C1. The fourth-order valence-corrected chi connectivity index (χ4v) is 3.10. The van der Waals surface area contributed by atoms with Gasteiger partial charge in [0.05, 0.1) is 0 Å². The Bertz CT molecular complexity index is 414. The highest BCUT2D eigenvalue weighted by Gasteiger charge is 2.20. The van der Waals surface area contributed by atoms with E-state index in [-0.39, 0.29) is 5.92 Å². The second-order valence-electron chi connectivity index (χ2n) is 6.62. The molecule has 0 saturated carbocycles. The van der Waals surface area contributed by atoms with Gasteiger partial charge >= 0.3 is 0 Å². The van der Waals surface area contributed by atoms with Crippen LogP contribution in [0.3, 0.4) is 0 Å². The first kappa shape index (κ1) is 16.2. The minimum Gasteiger partial charge on any atom is -0.303 e. The van der Waals surface area contributed by atoms with Crippen molar-refractivity contribution < 1.29 is 4.79 Å². The molecule has 2 heterocycles. The quantitative estimate of drug-likeness (QED) is 0.691. The van der Waals surface area contributed by atoms with E-state index in [9.17, 15) is 4.79 Å². The zero-order valence-corrected chi connectivity index (χ0v) is 13.5. The van der Waals surface area contributed by atoms with Crippen molar-refractivity contribution in [1.82, 2.24) is 14.7 Å². The van der Waals surface area contributed by atoms with Crippen molar-refractivity contribution in [2.45, 2.75) is 52.5 Å². The average molecular weight is 291 g/mol. The molecule has 4 heteroatoms. The fourth-order valence-electron chi connectivity index (χ4n) is 3.10. The van der Waals surface area contributed by atoms with Gasteiger partial charge in [0, 0.05) is 37.8 Å². The maximum atomic E-state index is 11.6. The van der Waals surface area contributed by atoms with Crippen molar-refractivity contribution in [3.05, 3.63) is 18.5 Å². The monoisotopic (exact) mass is 291 g/mol. The molecular weight excluding hydrogens is 262 g/mol. The van der Waals surface area contributed by atoms with E-state index in [1.165, 1.54) is 25.9 Å². The summed E-state index contributed by atoms with van der Waals surface area (Å²) >= 11 is 0. The number of unbranched alkanes of at least 4 members (excludes halogenated alkanes) is 1. The molecule has 4 nitrogen and oxygen atoms in total. The molecule has 0 aliphatic carbocycles. The summed E-state index contributed by atoms with van der Waals surface area (Å²) in [4.78, 5) is 14.2. The van der Waals surface area contributed by atoms with Gasteiger partial charge in [0.25, 0.3) is 0 Å². The molecule has 1 aliphatic rings. The van der Waals surface area contributed by atoms with E-state index in [1.54, 1.807) is 0 Å². The zero-order valence-electron chi connectivity index (χ0n) is 13.5. The molecule has 0 amide bonds. The van der Waals surface area contributed by atoms with Crippen molar-refractivity contribution in [1.29, 1.82) is 0 Å². The summed E-state index contributed by atoms with van der Waals surface area (Å²) in [6.07, 6.45) is 9.44. The Labute approximate surface area is 128 Å². The number of likely N-dealkylation sites (tertiary alicyclic amines) is 1. The molecule has 0 spiro atoms. The summed E-state index contributed by atoms with van der Waals surface area (Å²) in [5, 5.41) is 4.31. The van der Waals surface area contributed by atoms with Gasteiger partial charge in [0.15, 0.2) is 0 Å². The molecule has 1 aromatic heterocycles. The second-order valence-corrected chi connectivity index (χ2v) is 6.62. The average Bonchev–Trinajstić information content (AvgIpc) is 2.96. The Hall–Kier alpha value is -1.16. The number of aromatic nitrogens is 2. The van der Waals surface area contributed by atoms with Crippen molar-refractivity contribution in [3.63, 3.8) is 0 Å². The van der Waals surface area contributed by atoms with Gasteiger partial charge < -0.3 is 4.90 Å². The number of carbonyl (C=O) groups excluding carboxylic acids is 1. The third kappa shape index (κ3) is 5.62. The lowest BCUT2D eigenvalue weighted by atomic mass is 9.97. The Kier molecular flexibility index (Phi) is 6.43. The lowest BCUT2D eigenvalue weighted by molar-refractivity contribution is -0.122. The lowest BCUT2D eigenvalue weighted by Gasteiger charge is -2.32. The van der Waals surface area contributed by atoms with Gasteiger partial charge in [0.2, 0.25) is 0 Å². The molecule has 118 valence electrons. The predicted molar refractivity (Wildman–Crippen MR) is 85.1 cm³/mol. The molecule has 1 atom stereocenters. The van der Waals surface area contributed by atoms with Crippen LogP contribution in [0, 0.1) is 11.8 Å². The Morgan fingerprint density at radius 2 is 2.24 bits per heavy atom. The number of hydrogen-bond donors (Lipinski definition) is 0. The van der Waals surface area contributed by atoms with Crippen LogP contribution in [0.2, 0.25) is 0 Å². The lowest BCUT2D eigenvalue weighted by Crippen LogP contribution is -2.37. The van der Waals surface area contributed by atoms with E-state index in [4.69, 9.17) is 0 Å². The number of hydrogen-bond acceptors (Lipinski definition) is 3. The van der Waals surface area contributed by atoms with Crippen LogP contribution in [-0.2, 0) is 11.3 Å². The molecular formula is C17H29N3O. The van der Waals surface area contributed by atoms with Gasteiger partial charge in [-0.3, -0.25) is 9.48 Å². The summed E-state index contributed by atoms with van der Waals surface area (Å²) in [7, 11) is 0. The molecule has 1 saturated heterocycles. The van der Waals surface area contributed by atoms with Gasteiger partial charge in [-0.25, -0.2) is 0 Å². The summed E-state index contributed by atoms with van der Waals surface area (Å²) in [6, 6.07) is 1.99. The number of rotatable bonds is 8.